The van der Waals surface area contributed by atoms with Crippen LogP contribution in [0.25, 0.3) is 0 Å². The lowest BCUT2D eigenvalue weighted by atomic mass is 10.3. The third-order valence-electron chi connectivity index (χ3n) is 2.71. The zero-order valence-corrected chi connectivity index (χ0v) is 12.6. The maximum absolute atomic E-state index is 9.56. The molecule has 3 aromatic carbocycles. The Hall–Kier alpha value is -2.59. The Balaban J connectivity index is 0.000000211. The Morgan fingerprint density at radius 3 is 1.27 bits per heavy atom. The summed E-state index contributed by atoms with van der Waals surface area (Å²) in [6.07, 6.45) is 0. The largest absolute Gasteiger partial charge is 0.508 e. The van der Waals surface area contributed by atoms with Crippen molar-refractivity contribution < 1.29 is 15.3 Å². The first-order valence-electron chi connectivity index (χ1n) is 6.64. The first-order chi connectivity index (χ1) is 10.7. The van der Waals surface area contributed by atoms with Crippen molar-refractivity contribution in [1.29, 1.82) is 0 Å². The minimum atomic E-state index is 0.228. The van der Waals surface area contributed by atoms with Crippen molar-refractivity contribution in [3.05, 3.63) is 78.9 Å². The predicted octanol–water partition coefficient (Wildman–Crippen LogP) is 4.64. The summed E-state index contributed by atoms with van der Waals surface area (Å²) in [6, 6.07) is 22.8. The van der Waals surface area contributed by atoms with E-state index in [2.05, 4.69) is 0 Å². The van der Waals surface area contributed by atoms with E-state index < -0.39 is 0 Å². The average molecular weight is 312 g/mol. The van der Waals surface area contributed by atoms with Crippen LogP contribution in [0.1, 0.15) is 0 Å². The topological polar surface area (TPSA) is 60.7 Å². The normalized spacial score (nSPS) is 9.64. The maximum atomic E-state index is 9.56. The highest BCUT2D eigenvalue weighted by Gasteiger charge is 2.05. The lowest BCUT2D eigenvalue weighted by Gasteiger charge is -2.05. The van der Waals surface area contributed by atoms with Crippen molar-refractivity contribution >= 4 is 11.8 Å². The maximum Gasteiger partial charge on any atom is 0.129 e. The zero-order chi connectivity index (χ0) is 15.8. The highest BCUT2D eigenvalue weighted by Crippen LogP contribution is 2.37. The van der Waals surface area contributed by atoms with Gasteiger partial charge in [-0.15, -0.1) is 0 Å². The van der Waals surface area contributed by atoms with Crippen molar-refractivity contribution in [3.8, 4) is 17.2 Å². The van der Waals surface area contributed by atoms with Crippen LogP contribution in [0.3, 0.4) is 0 Å². The zero-order valence-electron chi connectivity index (χ0n) is 11.8. The van der Waals surface area contributed by atoms with E-state index in [0.717, 1.165) is 9.79 Å². The minimum absolute atomic E-state index is 0.228. The van der Waals surface area contributed by atoms with Gasteiger partial charge in [-0.3, -0.25) is 0 Å². The Morgan fingerprint density at radius 2 is 0.909 bits per heavy atom. The minimum Gasteiger partial charge on any atom is -0.508 e. The van der Waals surface area contributed by atoms with Gasteiger partial charge in [0.15, 0.2) is 0 Å². The van der Waals surface area contributed by atoms with Gasteiger partial charge in [-0.25, -0.2) is 0 Å². The molecule has 0 aromatic heterocycles. The second kappa shape index (κ2) is 8.00. The molecule has 22 heavy (non-hydrogen) atoms. The van der Waals surface area contributed by atoms with E-state index in [0.29, 0.717) is 5.75 Å². The van der Waals surface area contributed by atoms with E-state index in [1.54, 1.807) is 48.5 Å². The molecule has 0 bridgehead atoms. The number of phenolic OH excluding ortho intramolecular Hbond substituents is 3. The molecule has 4 heteroatoms. The van der Waals surface area contributed by atoms with Crippen LogP contribution in [0, 0.1) is 0 Å². The summed E-state index contributed by atoms with van der Waals surface area (Å²) in [4.78, 5) is 1.47. The summed E-state index contributed by atoms with van der Waals surface area (Å²) >= 11 is 1.34. The van der Waals surface area contributed by atoms with Crippen LogP contribution in [0.4, 0.5) is 0 Å². The molecule has 3 rings (SSSR count). The molecule has 0 heterocycles. The third-order valence-corrected chi connectivity index (χ3v) is 3.84. The Kier molecular flexibility index (Phi) is 5.74. The van der Waals surface area contributed by atoms with Gasteiger partial charge in [0, 0.05) is 0 Å². The predicted molar refractivity (Wildman–Crippen MR) is 88.4 cm³/mol. The Labute approximate surface area is 133 Å². The van der Waals surface area contributed by atoms with Crippen molar-refractivity contribution in [1.82, 2.24) is 0 Å². The molecule has 0 amide bonds. The van der Waals surface area contributed by atoms with Gasteiger partial charge in [-0.1, -0.05) is 54.2 Å². The SMILES string of the molecule is Oc1ccccc1.Oc1ccccc1Sc1ccccc1O. The molecule has 112 valence electrons. The molecule has 0 unspecified atom stereocenters. The van der Waals surface area contributed by atoms with Crippen LogP contribution in [0.5, 0.6) is 17.2 Å². The van der Waals surface area contributed by atoms with Crippen LogP contribution < -0.4 is 0 Å². The fraction of sp³-hybridized carbons (Fsp3) is 0. The summed E-state index contributed by atoms with van der Waals surface area (Å²) in [5.41, 5.74) is 0. The standard InChI is InChI=1S/C12H10O2S.C6H6O/c13-9-5-1-3-7-11(9)15-12-8-4-2-6-10(12)14;7-6-4-2-1-3-5-6/h1-8,13-14H;1-5,7H. The van der Waals surface area contributed by atoms with Gasteiger partial charge in [0.1, 0.15) is 17.2 Å². The van der Waals surface area contributed by atoms with Crippen molar-refractivity contribution in [3.63, 3.8) is 0 Å². The first-order valence-corrected chi connectivity index (χ1v) is 7.46. The Bertz CT molecular complexity index is 671. The van der Waals surface area contributed by atoms with Gasteiger partial charge in [-0.05, 0) is 36.4 Å². The molecule has 0 radical (unpaired) electrons. The summed E-state index contributed by atoms with van der Waals surface area (Å²) < 4.78 is 0. The molecular weight excluding hydrogens is 296 g/mol. The van der Waals surface area contributed by atoms with Crippen molar-refractivity contribution in [2.45, 2.75) is 9.79 Å². The Morgan fingerprint density at radius 1 is 0.500 bits per heavy atom. The lowest BCUT2D eigenvalue weighted by molar-refractivity contribution is 0.460. The second-order valence-electron chi connectivity index (χ2n) is 4.37. The number of benzene rings is 3. The second-order valence-corrected chi connectivity index (χ2v) is 5.46. The molecule has 0 atom stereocenters. The molecule has 3 N–H and O–H groups in total. The summed E-state index contributed by atoms with van der Waals surface area (Å²) in [5, 5.41) is 27.8. The van der Waals surface area contributed by atoms with E-state index >= 15 is 0 Å². The highest BCUT2D eigenvalue weighted by molar-refractivity contribution is 7.99. The van der Waals surface area contributed by atoms with E-state index in [9.17, 15) is 10.2 Å². The van der Waals surface area contributed by atoms with Gasteiger partial charge < -0.3 is 15.3 Å². The molecule has 3 nitrogen and oxygen atoms in total. The van der Waals surface area contributed by atoms with E-state index in [4.69, 9.17) is 5.11 Å². The first kappa shape index (κ1) is 15.8. The van der Waals surface area contributed by atoms with E-state index in [1.165, 1.54) is 11.8 Å². The van der Waals surface area contributed by atoms with E-state index in [-0.39, 0.29) is 11.5 Å². The lowest BCUT2D eigenvalue weighted by Crippen LogP contribution is -1.75. The number of hydrogen-bond acceptors (Lipinski definition) is 4. The van der Waals surface area contributed by atoms with Crippen LogP contribution in [0.15, 0.2) is 88.7 Å². The van der Waals surface area contributed by atoms with Gasteiger partial charge >= 0.3 is 0 Å². The molecule has 0 spiro atoms. The highest BCUT2D eigenvalue weighted by atomic mass is 32.2. The van der Waals surface area contributed by atoms with Crippen LogP contribution in [0.2, 0.25) is 0 Å². The fourth-order valence-corrected chi connectivity index (χ4v) is 2.51. The summed E-state index contributed by atoms with van der Waals surface area (Å²) in [5.74, 6) is 0.777. The number of hydrogen-bond donors (Lipinski definition) is 3. The number of aromatic hydroxyl groups is 3. The molecule has 0 fully saturated rings. The molecule has 3 aromatic rings. The number of phenols is 3. The average Bonchev–Trinajstić information content (AvgIpc) is 2.53. The van der Waals surface area contributed by atoms with Crippen LogP contribution in [-0.2, 0) is 0 Å². The van der Waals surface area contributed by atoms with Gasteiger partial charge in [0.2, 0.25) is 0 Å². The van der Waals surface area contributed by atoms with E-state index in [1.807, 2.05) is 30.3 Å². The summed E-state index contributed by atoms with van der Waals surface area (Å²) in [6.45, 7) is 0. The number of rotatable bonds is 2. The molecular formula is C18H16O3S. The fourth-order valence-electron chi connectivity index (χ4n) is 1.63. The molecule has 0 saturated heterocycles. The van der Waals surface area contributed by atoms with Gasteiger partial charge in [0.25, 0.3) is 0 Å². The van der Waals surface area contributed by atoms with Crippen LogP contribution >= 0.6 is 11.8 Å². The number of para-hydroxylation sites is 3. The monoisotopic (exact) mass is 312 g/mol. The molecule has 0 aliphatic carbocycles. The molecule has 0 aliphatic rings. The molecule has 0 aliphatic heterocycles. The van der Waals surface area contributed by atoms with Crippen LogP contribution in [-0.4, -0.2) is 15.3 Å². The van der Waals surface area contributed by atoms with Crippen molar-refractivity contribution in [2.24, 2.45) is 0 Å². The van der Waals surface area contributed by atoms with Crippen molar-refractivity contribution in [2.75, 3.05) is 0 Å². The molecule has 0 saturated carbocycles. The summed E-state index contributed by atoms with van der Waals surface area (Å²) in [7, 11) is 0. The third kappa shape index (κ3) is 4.75. The smallest absolute Gasteiger partial charge is 0.129 e. The quantitative estimate of drug-likeness (QED) is 0.645. The van der Waals surface area contributed by atoms with Gasteiger partial charge in [0.05, 0.1) is 9.79 Å². The van der Waals surface area contributed by atoms with Gasteiger partial charge in [-0.2, -0.15) is 0 Å².